The number of rotatable bonds is 7. The number of aliphatic hydroxyl groups is 2. The topological polar surface area (TPSA) is 121 Å². The number of sulfonamides is 1. The van der Waals surface area contributed by atoms with Crippen LogP contribution in [0.4, 0.5) is 0 Å². The number of sulfone groups is 1. The third kappa shape index (κ3) is 5.55. The van der Waals surface area contributed by atoms with E-state index in [1.54, 1.807) is 0 Å². The van der Waals surface area contributed by atoms with Gasteiger partial charge < -0.3 is 10.2 Å². The van der Waals surface area contributed by atoms with Gasteiger partial charge in [-0.05, 0) is 17.7 Å². The minimum absolute atomic E-state index is 0.0418. The summed E-state index contributed by atoms with van der Waals surface area (Å²) in [4.78, 5) is -0.0418. The summed E-state index contributed by atoms with van der Waals surface area (Å²) in [5, 5.41) is 17.7. The normalized spacial score (nSPS) is 14.2. The molecule has 1 aromatic carbocycles. The van der Waals surface area contributed by atoms with Crippen LogP contribution in [-0.4, -0.2) is 52.6 Å². The van der Waals surface area contributed by atoms with E-state index in [4.69, 9.17) is 10.2 Å². The molecule has 1 atom stereocenters. The predicted octanol–water partition coefficient (Wildman–Crippen LogP) is -1.14. The van der Waals surface area contributed by atoms with Crippen LogP contribution in [0.3, 0.4) is 0 Å². The molecule has 0 heterocycles. The number of hydrogen-bond donors (Lipinski definition) is 3. The van der Waals surface area contributed by atoms with Gasteiger partial charge in [0.15, 0.2) is 9.84 Å². The van der Waals surface area contributed by atoms with Crippen molar-refractivity contribution in [3.05, 3.63) is 29.8 Å². The molecular weight excluding hydrogens is 306 g/mol. The highest BCUT2D eigenvalue weighted by Gasteiger charge is 2.15. The number of nitrogens with one attached hydrogen (secondary N) is 1. The summed E-state index contributed by atoms with van der Waals surface area (Å²) < 4.78 is 48.0. The molecule has 9 heteroatoms. The Morgan fingerprint density at radius 3 is 2.15 bits per heavy atom. The van der Waals surface area contributed by atoms with Crippen molar-refractivity contribution in [3.8, 4) is 0 Å². The zero-order chi connectivity index (χ0) is 15.4. The number of aliphatic hydroxyl groups excluding tert-OH is 2. The van der Waals surface area contributed by atoms with Crippen LogP contribution in [0, 0.1) is 0 Å². The second kappa shape index (κ2) is 6.64. The molecule has 3 N–H and O–H groups in total. The van der Waals surface area contributed by atoms with Crippen molar-refractivity contribution in [2.24, 2.45) is 0 Å². The minimum Gasteiger partial charge on any atom is -0.394 e. The maximum Gasteiger partial charge on any atom is 0.240 e. The highest BCUT2D eigenvalue weighted by Crippen LogP contribution is 2.12. The Kier molecular flexibility index (Phi) is 5.66. The highest BCUT2D eigenvalue weighted by atomic mass is 32.2. The molecule has 114 valence electrons. The van der Waals surface area contributed by atoms with E-state index in [1.807, 2.05) is 0 Å². The molecule has 0 aliphatic rings. The molecule has 0 amide bonds. The second-order valence-corrected chi connectivity index (χ2v) is 8.31. The lowest BCUT2D eigenvalue weighted by Crippen LogP contribution is -2.33. The van der Waals surface area contributed by atoms with Crippen molar-refractivity contribution in [1.82, 2.24) is 4.72 Å². The zero-order valence-corrected chi connectivity index (χ0v) is 12.5. The molecule has 0 radical (unpaired) electrons. The van der Waals surface area contributed by atoms with Crippen LogP contribution in [0.2, 0.25) is 0 Å². The monoisotopic (exact) mass is 323 g/mol. The maximum absolute atomic E-state index is 11.8. The average molecular weight is 323 g/mol. The Bertz CT molecular complexity index is 636. The van der Waals surface area contributed by atoms with E-state index in [2.05, 4.69) is 4.72 Å². The third-order valence-corrected chi connectivity index (χ3v) is 4.68. The summed E-state index contributed by atoms with van der Waals surface area (Å²) in [7, 11) is -6.97. The van der Waals surface area contributed by atoms with Gasteiger partial charge in [0.1, 0.15) is 0 Å². The molecule has 20 heavy (non-hydrogen) atoms. The van der Waals surface area contributed by atoms with Gasteiger partial charge in [0.05, 0.1) is 23.4 Å². The fraction of sp³-hybridized carbons (Fsp3) is 0.455. The van der Waals surface area contributed by atoms with Gasteiger partial charge in [0.25, 0.3) is 0 Å². The van der Waals surface area contributed by atoms with E-state index in [1.165, 1.54) is 24.3 Å². The van der Waals surface area contributed by atoms with Crippen molar-refractivity contribution in [2.75, 3.05) is 19.4 Å². The lowest BCUT2D eigenvalue weighted by atomic mass is 10.2. The smallest absolute Gasteiger partial charge is 0.240 e. The Morgan fingerprint density at radius 1 is 1.15 bits per heavy atom. The Balaban J connectivity index is 2.82. The number of benzene rings is 1. The van der Waals surface area contributed by atoms with Crippen LogP contribution in [0.1, 0.15) is 5.56 Å². The first kappa shape index (κ1) is 17.1. The fourth-order valence-electron chi connectivity index (χ4n) is 1.42. The van der Waals surface area contributed by atoms with E-state index < -0.39 is 32.6 Å². The molecule has 1 rings (SSSR count). The lowest BCUT2D eigenvalue weighted by Gasteiger charge is -2.10. The van der Waals surface area contributed by atoms with Crippen LogP contribution in [-0.2, 0) is 25.6 Å². The Hall–Kier alpha value is -1.00. The summed E-state index contributed by atoms with van der Waals surface area (Å²) >= 11 is 0. The van der Waals surface area contributed by atoms with Gasteiger partial charge in [-0.15, -0.1) is 0 Å². The van der Waals surface area contributed by atoms with E-state index in [0.717, 1.165) is 6.26 Å². The standard InChI is InChI=1S/C11H17NO6S2/c1-19(15,16)8-9-2-4-11(5-3-9)20(17,18)12-6-10(14)7-13/h2-5,10,12-14H,6-8H2,1H3. The molecule has 7 nitrogen and oxygen atoms in total. The zero-order valence-electron chi connectivity index (χ0n) is 10.9. The van der Waals surface area contributed by atoms with Crippen LogP contribution < -0.4 is 4.72 Å². The SMILES string of the molecule is CS(=O)(=O)Cc1ccc(S(=O)(=O)NCC(O)CO)cc1. The molecule has 0 spiro atoms. The van der Waals surface area contributed by atoms with Crippen molar-refractivity contribution in [1.29, 1.82) is 0 Å². The van der Waals surface area contributed by atoms with Gasteiger partial charge in [0, 0.05) is 12.8 Å². The summed E-state index contributed by atoms with van der Waals surface area (Å²) in [5.74, 6) is -0.163. The van der Waals surface area contributed by atoms with Crippen molar-refractivity contribution >= 4 is 19.9 Å². The molecule has 0 saturated carbocycles. The first-order valence-corrected chi connectivity index (χ1v) is 9.23. The second-order valence-electron chi connectivity index (χ2n) is 4.40. The first-order chi connectivity index (χ1) is 9.14. The largest absolute Gasteiger partial charge is 0.394 e. The van der Waals surface area contributed by atoms with E-state index >= 15 is 0 Å². The fourth-order valence-corrected chi connectivity index (χ4v) is 3.29. The van der Waals surface area contributed by atoms with Crippen LogP contribution in [0.15, 0.2) is 29.2 Å². The summed E-state index contributed by atoms with van der Waals surface area (Å²) in [5.41, 5.74) is 0.488. The van der Waals surface area contributed by atoms with Crippen LogP contribution >= 0.6 is 0 Å². The Labute approximate surface area is 118 Å². The molecule has 0 aliphatic heterocycles. The first-order valence-electron chi connectivity index (χ1n) is 5.69. The lowest BCUT2D eigenvalue weighted by molar-refractivity contribution is 0.0988. The molecule has 0 saturated heterocycles. The van der Waals surface area contributed by atoms with Crippen molar-refractivity contribution in [3.63, 3.8) is 0 Å². The predicted molar refractivity (Wildman–Crippen MR) is 73.3 cm³/mol. The van der Waals surface area contributed by atoms with E-state index in [9.17, 15) is 16.8 Å². The third-order valence-electron chi connectivity index (χ3n) is 2.38. The molecule has 1 aromatic rings. The molecule has 0 aliphatic carbocycles. The summed E-state index contributed by atoms with van der Waals surface area (Å²) in [6.07, 6.45) is -0.0792. The quantitative estimate of drug-likeness (QED) is 0.583. The van der Waals surface area contributed by atoms with Gasteiger partial charge in [-0.25, -0.2) is 21.6 Å². The van der Waals surface area contributed by atoms with Crippen molar-refractivity contribution in [2.45, 2.75) is 16.8 Å². The summed E-state index contributed by atoms with van der Waals surface area (Å²) in [6.45, 7) is -0.847. The molecular formula is C11H17NO6S2. The van der Waals surface area contributed by atoms with Gasteiger partial charge in [-0.1, -0.05) is 12.1 Å². The highest BCUT2D eigenvalue weighted by molar-refractivity contribution is 7.90. The van der Waals surface area contributed by atoms with Crippen LogP contribution in [0.5, 0.6) is 0 Å². The average Bonchev–Trinajstić information content (AvgIpc) is 2.34. The van der Waals surface area contributed by atoms with E-state index in [-0.39, 0.29) is 17.2 Å². The van der Waals surface area contributed by atoms with Gasteiger partial charge >= 0.3 is 0 Å². The van der Waals surface area contributed by atoms with Gasteiger partial charge in [-0.3, -0.25) is 0 Å². The molecule has 0 fully saturated rings. The maximum atomic E-state index is 11.8. The van der Waals surface area contributed by atoms with Gasteiger partial charge in [-0.2, -0.15) is 0 Å². The molecule has 0 aromatic heterocycles. The molecule has 1 unspecified atom stereocenters. The van der Waals surface area contributed by atoms with E-state index in [0.29, 0.717) is 5.56 Å². The van der Waals surface area contributed by atoms with Gasteiger partial charge in [0.2, 0.25) is 10.0 Å². The Morgan fingerprint density at radius 2 is 1.70 bits per heavy atom. The molecule has 0 bridgehead atoms. The minimum atomic E-state index is -3.80. The van der Waals surface area contributed by atoms with Crippen molar-refractivity contribution < 1.29 is 27.0 Å². The number of hydrogen-bond acceptors (Lipinski definition) is 6. The van der Waals surface area contributed by atoms with Crippen LogP contribution in [0.25, 0.3) is 0 Å². The summed E-state index contributed by atoms with van der Waals surface area (Å²) in [6, 6.07) is 5.40.